The predicted octanol–water partition coefficient (Wildman–Crippen LogP) is 4.16. The maximum Gasteiger partial charge on any atom is 0.253 e. The highest BCUT2D eigenvalue weighted by Gasteiger charge is 2.19. The van der Waals surface area contributed by atoms with Crippen LogP contribution in [0.5, 0.6) is 0 Å². The molecule has 1 N–H and O–H groups in total. The minimum Gasteiger partial charge on any atom is -0.339 e. The summed E-state index contributed by atoms with van der Waals surface area (Å²) in [4.78, 5) is 26.9. The molecule has 3 aromatic rings. The molecule has 4 rings (SSSR count). The van der Waals surface area contributed by atoms with Crippen molar-refractivity contribution in [2.45, 2.75) is 38.8 Å². The molecule has 32 heavy (non-hydrogen) atoms. The zero-order valence-electron chi connectivity index (χ0n) is 18.6. The van der Waals surface area contributed by atoms with Gasteiger partial charge >= 0.3 is 0 Å². The van der Waals surface area contributed by atoms with Gasteiger partial charge in [-0.3, -0.25) is 14.2 Å². The van der Waals surface area contributed by atoms with Crippen LogP contribution >= 0.6 is 11.8 Å². The fourth-order valence-electron chi connectivity index (χ4n) is 3.80. The summed E-state index contributed by atoms with van der Waals surface area (Å²) in [6, 6.07) is 13.3. The second kappa shape index (κ2) is 9.56. The van der Waals surface area contributed by atoms with Crippen molar-refractivity contribution in [3.8, 4) is 5.69 Å². The van der Waals surface area contributed by atoms with Gasteiger partial charge in [-0.25, -0.2) is 0 Å². The molecule has 0 radical (unpaired) electrons. The molecular formula is C24H27N5O2S. The number of aryl methyl sites for hydroxylation is 3. The number of amides is 2. The smallest absolute Gasteiger partial charge is 0.253 e. The lowest BCUT2D eigenvalue weighted by molar-refractivity contribution is -0.113. The van der Waals surface area contributed by atoms with Crippen LogP contribution < -0.4 is 5.32 Å². The van der Waals surface area contributed by atoms with E-state index in [9.17, 15) is 9.59 Å². The van der Waals surface area contributed by atoms with Crippen molar-refractivity contribution in [3.63, 3.8) is 0 Å². The highest BCUT2D eigenvalue weighted by atomic mass is 32.2. The molecule has 0 spiro atoms. The summed E-state index contributed by atoms with van der Waals surface area (Å²) in [5.74, 6) is 0.899. The van der Waals surface area contributed by atoms with E-state index in [1.54, 1.807) is 24.3 Å². The van der Waals surface area contributed by atoms with E-state index in [1.165, 1.54) is 11.8 Å². The van der Waals surface area contributed by atoms with Crippen LogP contribution in [0.1, 0.15) is 40.2 Å². The molecule has 1 aromatic heterocycles. The number of hydrogen-bond acceptors (Lipinski definition) is 5. The molecule has 0 saturated carbocycles. The van der Waals surface area contributed by atoms with Gasteiger partial charge in [-0.2, -0.15) is 0 Å². The first-order valence-electron chi connectivity index (χ1n) is 10.7. The molecule has 1 aliphatic heterocycles. The zero-order valence-corrected chi connectivity index (χ0v) is 19.4. The van der Waals surface area contributed by atoms with Crippen molar-refractivity contribution in [1.29, 1.82) is 0 Å². The number of benzene rings is 2. The lowest BCUT2D eigenvalue weighted by Crippen LogP contribution is -2.27. The topological polar surface area (TPSA) is 80.1 Å². The van der Waals surface area contributed by atoms with E-state index in [0.717, 1.165) is 48.6 Å². The first-order valence-corrected chi connectivity index (χ1v) is 11.7. The molecule has 0 aliphatic carbocycles. The number of nitrogens with zero attached hydrogens (tertiary/aromatic N) is 4. The molecule has 1 fully saturated rings. The van der Waals surface area contributed by atoms with E-state index >= 15 is 0 Å². The largest absolute Gasteiger partial charge is 0.339 e. The third-order valence-corrected chi connectivity index (χ3v) is 6.47. The van der Waals surface area contributed by atoms with E-state index in [2.05, 4.69) is 33.7 Å². The van der Waals surface area contributed by atoms with E-state index in [1.807, 2.05) is 30.2 Å². The van der Waals surface area contributed by atoms with E-state index in [4.69, 9.17) is 0 Å². The molecule has 166 valence electrons. The number of rotatable bonds is 6. The van der Waals surface area contributed by atoms with Crippen molar-refractivity contribution >= 4 is 29.3 Å². The lowest BCUT2D eigenvalue weighted by atomic mass is 10.1. The molecule has 1 aliphatic rings. The summed E-state index contributed by atoms with van der Waals surface area (Å²) in [5, 5.41) is 12.0. The Balaban J connectivity index is 1.39. The van der Waals surface area contributed by atoms with Gasteiger partial charge < -0.3 is 10.2 Å². The second-order valence-electron chi connectivity index (χ2n) is 8.07. The molecule has 0 bridgehead atoms. The van der Waals surface area contributed by atoms with Crippen molar-refractivity contribution in [3.05, 3.63) is 65.0 Å². The van der Waals surface area contributed by atoms with E-state index in [0.29, 0.717) is 16.4 Å². The van der Waals surface area contributed by atoms with Gasteiger partial charge in [0.1, 0.15) is 5.82 Å². The van der Waals surface area contributed by atoms with E-state index in [-0.39, 0.29) is 17.6 Å². The predicted molar refractivity (Wildman–Crippen MR) is 127 cm³/mol. The van der Waals surface area contributed by atoms with Gasteiger partial charge in [-0.05, 0) is 75.1 Å². The maximum atomic E-state index is 12.5. The average molecular weight is 450 g/mol. The van der Waals surface area contributed by atoms with Crippen molar-refractivity contribution < 1.29 is 9.59 Å². The van der Waals surface area contributed by atoms with Gasteiger partial charge in [-0.15, -0.1) is 10.2 Å². The zero-order chi connectivity index (χ0) is 22.7. The molecule has 2 amide bonds. The highest BCUT2D eigenvalue weighted by molar-refractivity contribution is 7.99. The van der Waals surface area contributed by atoms with Gasteiger partial charge in [0.05, 0.1) is 11.4 Å². The summed E-state index contributed by atoms with van der Waals surface area (Å²) in [5.41, 5.74) is 4.61. The molecule has 0 unspecified atom stereocenters. The van der Waals surface area contributed by atoms with Crippen molar-refractivity contribution in [1.82, 2.24) is 19.7 Å². The number of nitrogens with one attached hydrogen (secondary N) is 1. The third kappa shape index (κ3) is 4.85. The quantitative estimate of drug-likeness (QED) is 0.572. The van der Waals surface area contributed by atoms with Crippen LogP contribution in [-0.4, -0.2) is 50.3 Å². The van der Waals surface area contributed by atoms with Crippen LogP contribution in [0.4, 0.5) is 5.69 Å². The molecule has 8 heteroatoms. The minimum absolute atomic E-state index is 0.0529. The van der Waals surface area contributed by atoms with Gasteiger partial charge in [0, 0.05) is 24.3 Å². The van der Waals surface area contributed by atoms with Gasteiger partial charge in [0.15, 0.2) is 5.16 Å². The Bertz CT molecular complexity index is 1130. The molecule has 0 atom stereocenters. The third-order valence-electron chi connectivity index (χ3n) is 5.54. The van der Waals surface area contributed by atoms with Gasteiger partial charge in [-0.1, -0.05) is 23.9 Å². The Hall–Kier alpha value is -3.13. The van der Waals surface area contributed by atoms with E-state index < -0.39 is 0 Å². The fraction of sp³-hybridized carbons (Fsp3) is 0.333. The SMILES string of the molecule is Cc1ccc(C)c(-n2c(C)nnc2SCC(=O)Nc2ccc(C(=O)N3CCCC3)cc2)c1. The van der Waals surface area contributed by atoms with Gasteiger partial charge in [0.2, 0.25) is 5.91 Å². The van der Waals surface area contributed by atoms with Crippen LogP contribution in [-0.2, 0) is 4.79 Å². The Morgan fingerprint density at radius 2 is 1.72 bits per heavy atom. The monoisotopic (exact) mass is 449 g/mol. The van der Waals surface area contributed by atoms with Gasteiger partial charge in [0.25, 0.3) is 5.91 Å². The number of likely N-dealkylation sites (tertiary alicyclic amines) is 1. The second-order valence-corrected chi connectivity index (χ2v) is 9.01. The van der Waals surface area contributed by atoms with Crippen LogP contribution in [0.25, 0.3) is 5.69 Å². The summed E-state index contributed by atoms with van der Waals surface area (Å²) in [7, 11) is 0. The van der Waals surface area contributed by atoms with Crippen LogP contribution in [0, 0.1) is 20.8 Å². The number of hydrogen-bond donors (Lipinski definition) is 1. The summed E-state index contributed by atoms with van der Waals surface area (Å²) in [6.07, 6.45) is 2.13. The Labute approximate surface area is 192 Å². The molecule has 7 nitrogen and oxygen atoms in total. The summed E-state index contributed by atoms with van der Waals surface area (Å²) < 4.78 is 1.99. The molecule has 1 saturated heterocycles. The number of carbonyl (C=O) groups is 2. The Kier molecular flexibility index (Phi) is 6.60. The Morgan fingerprint density at radius 1 is 1.00 bits per heavy atom. The van der Waals surface area contributed by atoms with Crippen molar-refractivity contribution in [2.75, 3.05) is 24.2 Å². The normalized spacial score (nSPS) is 13.4. The van der Waals surface area contributed by atoms with Crippen LogP contribution in [0.2, 0.25) is 0 Å². The summed E-state index contributed by atoms with van der Waals surface area (Å²) >= 11 is 1.35. The first-order chi connectivity index (χ1) is 15.4. The number of carbonyl (C=O) groups excluding carboxylic acids is 2. The molecule has 2 aromatic carbocycles. The fourth-order valence-corrected chi connectivity index (χ4v) is 4.59. The molecular weight excluding hydrogens is 422 g/mol. The number of anilines is 1. The van der Waals surface area contributed by atoms with Crippen molar-refractivity contribution in [2.24, 2.45) is 0 Å². The Morgan fingerprint density at radius 3 is 2.44 bits per heavy atom. The minimum atomic E-state index is -0.137. The number of aromatic nitrogens is 3. The maximum absolute atomic E-state index is 12.5. The first kappa shape index (κ1) is 22.1. The highest BCUT2D eigenvalue weighted by Crippen LogP contribution is 2.25. The average Bonchev–Trinajstić information content (AvgIpc) is 3.44. The van der Waals surface area contributed by atoms with Crippen LogP contribution in [0.15, 0.2) is 47.6 Å². The van der Waals surface area contributed by atoms with Crippen LogP contribution in [0.3, 0.4) is 0 Å². The summed E-state index contributed by atoms with van der Waals surface area (Å²) in [6.45, 7) is 7.64. The standard InChI is InChI=1S/C24H27N5O2S/c1-16-6-7-17(2)21(14-16)29-18(3)26-27-24(29)32-15-22(30)25-20-10-8-19(9-11-20)23(31)28-12-4-5-13-28/h6-11,14H,4-5,12-13,15H2,1-3H3,(H,25,30). The lowest BCUT2D eigenvalue weighted by Gasteiger charge is -2.15. The molecule has 2 heterocycles. The number of thioether (sulfide) groups is 1.